The number of aromatic nitrogens is 4. The minimum atomic E-state index is -0.369. The number of thiazole rings is 1. The van der Waals surface area contributed by atoms with Crippen LogP contribution in [0.15, 0.2) is 42.0 Å². The lowest BCUT2D eigenvalue weighted by atomic mass is 10.2. The zero-order valence-electron chi connectivity index (χ0n) is 19.4. The van der Waals surface area contributed by atoms with Gasteiger partial charge in [0.1, 0.15) is 16.5 Å². The highest BCUT2D eigenvalue weighted by Gasteiger charge is 2.27. The Bertz CT molecular complexity index is 1310. The largest absolute Gasteiger partial charge is 0.462 e. The first-order chi connectivity index (χ1) is 17.1. The fraction of sp³-hybridized carbons (Fsp3) is 0.292. The first-order valence-electron chi connectivity index (χ1n) is 11.3. The molecule has 0 saturated carbocycles. The van der Waals surface area contributed by atoms with Gasteiger partial charge in [0, 0.05) is 35.9 Å². The molecule has 0 saturated heterocycles. The van der Waals surface area contributed by atoms with Crippen molar-refractivity contribution < 1.29 is 9.53 Å². The number of hydrogen-bond acceptors (Lipinski definition) is 11. The third kappa shape index (κ3) is 5.25. The molecule has 0 bridgehead atoms. The number of esters is 1. The molecule has 0 unspecified atom stereocenters. The molecule has 2 N–H and O–H groups in total. The lowest BCUT2D eigenvalue weighted by Gasteiger charge is -2.19. The number of nitrogens with one attached hydrogen (secondary N) is 2. The van der Waals surface area contributed by atoms with Gasteiger partial charge in [-0.15, -0.1) is 11.3 Å². The highest BCUT2D eigenvalue weighted by atomic mass is 32.1. The molecule has 0 fully saturated rings. The van der Waals surface area contributed by atoms with Crippen LogP contribution in [0.25, 0.3) is 0 Å². The number of fused-ring (bicyclic) bond motifs is 1. The Labute approximate surface area is 211 Å². The van der Waals surface area contributed by atoms with E-state index in [1.54, 1.807) is 31.4 Å². The van der Waals surface area contributed by atoms with E-state index < -0.39 is 0 Å². The molecule has 9 nitrogen and oxygen atoms in total. The summed E-state index contributed by atoms with van der Waals surface area (Å²) in [6, 6.07) is 8.15. The molecule has 0 spiro atoms. The molecule has 0 aromatic carbocycles. The Morgan fingerprint density at radius 1 is 1.23 bits per heavy atom. The normalized spacial score (nSPS) is 12.5. The highest BCUT2D eigenvalue weighted by molar-refractivity contribution is 7.17. The van der Waals surface area contributed by atoms with Gasteiger partial charge in [-0.1, -0.05) is 23.5 Å². The van der Waals surface area contributed by atoms with Gasteiger partial charge < -0.3 is 15.0 Å². The monoisotopic (exact) mass is 507 g/mol. The highest BCUT2D eigenvalue weighted by Crippen LogP contribution is 2.35. The maximum absolute atomic E-state index is 12.2. The van der Waals surface area contributed by atoms with Gasteiger partial charge in [0.15, 0.2) is 5.13 Å². The summed E-state index contributed by atoms with van der Waals surface area (Å²) in [5, 5.41) is 9.32. The lowest BCUT2D eigenvalue weighted by molar-refractivity contribution is 0.0531. The van der Waals surface area contributed by atoms with Gasteiger partial charge >= 0.3 is 5.97 Å². The second kappa shape index (κ2) is 10.4. The smallest absolute Gasteiger partial charge is 0.350 e. The molecule has 180 valence electrons. The van der Waals surface area contributed by atoms with Gasteiger partial charge in [0.25, 0.3) is 0 Å². The van der Waals surface area contributed by atoms with Gasteiger partial charge in [-0.25, -0.2) is 9.78 Å². The van der Waals surface area contributed by atoms with E-state index in [9.17, 15) is 4.79 Å². The van der Waals surface area contributed by atoms with Crippen LogP contribution >= 0.6 is 22.7 Å². The Hall–Kier alpha value is -3.57. The minimum Gasteiger partial charge on any atom is -0.462 e. The van der Waals surface area contributed by atoms with Gasteiger partial charge in [0.05, 0.1) is 18.8 Å². The summed E-state index contributed by atoms with van der Waals surface area (Å²) in [6.07, 6.45) is 4.51. The molecule has 1 aliphatic heterocycles. The zero-order chi connectivity index (χ0) is 24.2. The first-order valence-corrected chi connectivity index (χ1v) is 13.0. The number of carbonyl (C=O) groups excluding carboxylic acids is 1. The van der Waals surface area contributed by atoms with Crippen LogP contribution in [-0.2, 0) is 24.2 Å². The topological polar surface area (TPSA) is 105 Å². The summed E-state index contributed by atoms with van der Waals surface area (Å²) < 4.78 is 5.14. The number of thiophene rings is 1. The fourth-order valence-corrected chi connectivity index (χ4v) is 5.40. The molecule has 0 aliphatic carbocycles. The molecule has 11 heteroatoms. The minimum absolute atomic E-state index is 0.318. The molecular formula is C24H25N7O2S2. The molecule has 1 aliphatic rings. The molecule has 0 radical (unpaired) electrons. The van der Waals surface area contributed by atoms with Crippen molar-refractivity contribution in [2.75, 3.05) is 28.7 Å². The van der Waals surface area contributed by atoms with Crippen LogP contribution in [-0.4, -0.2) is 39.1 Å². The number of carbonyl (C=O) groups is 1. The molecule has 5 rings (SSSR count). The average molecular weight is 508 g/mol. The third-order valence-electron chi connectivity index (χ3n) is 5.50. The molecule has 4 aromatic rings. The van der Waals surface area contributed by atoms with E-state index in [-0.39, 0.29) is 5.97 Å². The molecular weight excluding hydrogens is 482 g/mol. The predicted molar refractivity (Wildman–Crippen MR) is 139 cm³/mol. The van der Waals surface area contributed by atoms with Crippen molar-refractivity contribution in [3.05, 3.63) is 68.6 Å². The number of rotatable bonds is 9. The summed E-state index contributed by atoms with van der Waals surface area (Å²) in [5.41, 5.74) is 2.83. The quantitative estimate of drug-likeness (QED) is 0.309. The van der Waals surface area contributed by atoms with Crippen LogP contribution < -0.4 is 15.5 Å². The Balaban J connectivity index is 1.44. The van der Waals surface area contributed by atoms with Crippen molar-refractivity contribution in [3.8, 4) is 0 Å². The van der Waals surface area contributed by atoms with E-state index >= 15 is 0 Å². The van der Waals surface area contributed by atoms with E-state index in [0.29, 0.717) is 41.3 Å². The van der Waals surface area contributed by atoms with Gasteiger partial charge in [0.2, 0.25) is 5.95 Å². The van der Waals surface area contributed by atoms with E-state index in [2.05, 4.69) is 43.0 Å². The summed E-state index contributed by atoms with van der Waals surface area (Å²) in [5.74, 6) is 1.75. The van der Waals surface area contributed by atoms with Crippen molar-refractivity contribution in [2.45, 2.75) is 33.4 Å². The second-order valence-corrected chi connectivity index (χ2v) is 9.97. The molecule has 35 heavy (non-hydrogen) atoms. The maximum atomic E-state index is 12.2. The van der Waals surface area contributed by atoms with Crippen molar-refractivity contribution in [2.24, 2.45) is 0 Å². The average Bonchev–Trinajstić information content (AvgIpc) is 3.60. The molecule has 0 atom stereocenters. The summed E-state index contributed by atoms with van der Waals surface area (Å²) in [7, 11) is 0. The van der Waals surface area contributed by atoms with Crippen molar-refractivity contribution in [1.82, 2.24) is 19.9 Å². The third-order valence-corrected chi connectivity index (χ3v) is 7.43. The van der Waals surface area contributed by atoms with Crippen LogP contribution in [0.4, 0.5) is 22.7 Å². The van der Waals surface area contributed by atoms with Crippen LogP contribution in [0.2, 0.25) is 0 Å². The molecule has 0 amide bonds. The van der Waals surface area contributed by atoms with E-state index in [4.69, 9.17) is 14.7 Å². The van der Waals surface area contributed by atoms with Crippen LogP contribution in [0.5, 0.6) is 0 Å². The van der Waals surface area contributed by atoms with Crippen LogP contribution in [0.1, 0.15) is 38.3 Å². The number of nitrogens with zero attached hydrogens (tertiary/aromatic N) is 5. The van der Waals surface area contributed by atoms with Crippen LogP contribution in [0.3, 0.4) is 0 Å². The van der Waals surface area contributed by atoms with E-state index in [1.807, 2.05) is 18.3 Å². The van der Waals surface area contributed by atoms with E-state index in [0.717, 1.165) is 35.7 Å². The summed E-state index contributed by atoms with van der Waals surface area (Å²) >= 11 is 2.94. The Morgan fingerprint density at radius 2 is 2.14 bits per heavy atom. The standard InChI is InChI=1S/C24H25N7O2S2/c1-3-33-22(32)19-15(2)27-24(35-19)30-23-28-20(26-13-17-7-5-11-34-17)18-8-10-31(21(18)29-23)14-16-6-4-9-25-12-16/h4-7,9,11-12H,3,8,10,13-14H2,1-2H3,(H2,26,27,28,29,30). The Morgan fingerprint density at radius 3 is 2.91 bits per heavy atom. The number of hydrogen-bond donors (Lipinski definition) is 2. The molecule has 4 aromatic heterocycles. The second-order valence-electron chi connectivity index (χ2n) is 7.94. The number of pyridine rings is 1. The van der Waals surface area contributed by atoms with Gasteiger partial charge in [-0.05, 0) is 43.3 Å². The van der Waals surface area contributed by atoms with E-state index in [1.165, 1.54) is 16.2 Å². The first kappa shape index (κ1) is 23.2. The lowest BCUT2D eigenvalue weighted by Crippen LogP contribution is -2.21. The Kier molecular flexibility index (Phi) is 6.87. The van der Waals surface area contributed by atoms with Crippen molar-refractivity contribution in [3.63, 3.8) is 0 Å². The SMILES string of the molecule is CCOC(=O)c1sc(Nc2nc(NCc3cccs3)c3c(n2)N(Cc2cccnc2)CC3)nc1C. The van der Waals surface area contributed by atoms with Gasteiger partial charge in [-0.2, -0.15) is 9.97 Å². The number of anilines is 4. The fourth-order valence-electron chi connectivity index (χ4n) is 3.90. The number of aryl methyl sites for hydroxylation is 1. The summed E-state index contributed by atoms with van der Waals surface area (Å²) in [6.45, 7) is 6.14. The molecule has 5 heterocycles. The van der Waals surface area contributed by atoms with Crippen LogP contribution in [0, 0.1) is 6.92 Å². The number of ether oxygens (including phenoxy) is 1. The zero-order valence-corrected chi connectivity index (χ0v) is 21.1. The maximum Gasteiger partial charge on any atom is 0.350 e. The predicted octanol–water partition coefficient (Wildman–Crippen LogP) is 4.79. The van der Waals surface area contributed by atoms with Crippen molar-refractivity contribution >= 4 is 51.4 Å². The van der Waals surface area contributed by atoms with Crippen molar-refractivity contribution in [1.29, 1.82) is 0 Å². The van der Waals surface area contributed by atoms with Gasteiger partial charge in [-0.3, -0.25) is 10.3 Å². The summed E-state index contributed by atoms with van der Waals surface area (Å²) in [4.78, 5) is 34.5.